The van der Waals surface area contributed by atoms with Crippen molar-refractivity contribution >= 4 is 12.0 Å². The standard InChI is InChI=1S/C14H21F3N2O3/c15-14(16,17)11-4-2-1-3-9(11)7-18-13(22)19-6-5-10(8-19)12(20)21/h9-11H,1-8H2,(H,18,22)(H,20,21)/t9-,10?,11-/m1/s1. The number of aliphatic carboxylic acids is 1. The Morgan fingerprint density at radius 1 is 1.18 bits per heavy atom. The van der Waals surface area contributed by atoms with Gasteiger partial charge in [0.15, 0.2) is 0 Å². The van der Waals surface area contributed by atoms with Crippen molar-refractivity contribution in [2.24, 2.45) is 17.8 Å². The summed E-state index contributed by atoms with van der Waals surface area (Å²) in [6.45, 7) is 0.446. The van der Waals surface area contributed by atoms with E-state index in [2.05, 4.69) is 5.32 Å². The van der Waals surface area contributed by atoms with E-state index in [9.17, 15) is 22.8 Å². The van der Waals surface area contributed by atoms with E-state index in [1.165, 1.54) is 4.90 Å². The van der Waals surface area contributed by atoms with Gasteiger partial charge in [-0.25, -0.2) is 4.79 Å². The molecule has 2 N–H and O–H groups in total. The Kier molecular flexibility index (Phi) is 5.18. The summed E-state index contributed by atoms with van der Waals surface area (Å²) in [4.78, 5) is 24.2. The molecule has 0 aromatic carbocycles. The number of carboxylic acids is 1. The summed E-state index contributed by atoms with van der Waals surface area (Å²) in [6, 6.07) is -0.463. The average molecular weight is 322 g/mol. The Bertz CT molecular complexity index is 428. The van der Waals surface area contributed by atoms with E-state index in [1.807, 2.05) is 0 Å². The van der Waals surface area contributed by atoms with E-state index in [0.29, 0.717) is 25.8 Å². The van der Waals surface area contributed by atoms with Gasteiger partial charge in [-0.3, -0.25) is 4.79 Å². The van der Waals surface area contributed by atoms with E-state index in [1.54, 1.807) is 0 Å². The fourth-order valence-electron chi connectivity index (χ4n) is 3.36. The van der Waals surface area contributed by atoms with Gasteiger partial charge in [0, 0.05) is 19.6 Å². The predicted molar refractivity (Wildman–Crippen MR) is 72.2 cm³/mol. The van der Waals surface area contributed by atoms with Crippen LogP contribution in [0.1, 0.15) is 32.1 Å². The van der Waals surface area contributed by atoms with Crippen LogP contribution in [0.25, 0.3) is 0 Å². The number of nitrogens with one attached hydrogen (secondary N) is 1. The summed E-state index contributed by atoms with van der Waals surface area (Å²) in [6.07, 6.45) is -1.94. The molecule has 22 heavy (non-hydrogen) atoms. The van der Waals surface area contributed by atoms with Crippen LogP contribution in [-0.4, -0.2) is 47.8 Å². The first kappa shape index (κ1) is 16.9. The number of amides is 2. The third-order valence-corrected chi connectivity index (χ3v) is 4.67. The van der Waals surface area contributed by atoms with Crippen molar-refractivity contribution in [3.63, 3.8) is 0 Å². The monoisotopic (exact) mass is 322 g/mol. The molecule has 1 aliphatic carbocycles. The number of carbonyl (C=O) groups excluding carboxylic acids is 1. The second-order valence-electron chi connectivity index (χ2n) is 6.15. The van der Waals surface area contributed by atoms with E-state index in [4.69, 9.17) is 5.11 Å². The first-order valence-electron chi connectivity index (χ1n) is 7.61. The van der Waals surface area contributed by atoms with Gasteiger partial charge in [-0.15, -0.1) is 0 Å². The molecular weight excluding hydrogens is 301 g/mol. The Hall–Kier alpha value is -1.47. The number of halogens is 3. The van der Waals surface area contributed by atoms with E-state index in [0.717, 1.165) is 6.42 Å². The molecule has 1 aliphatic heterocycles. The lowest BCUT2D eigenvalue weighted by Crippen LogP contribution is -2.44. The van der Waals surface area contributed by atoms with E-state index in [-0.39, 0.29) is 19.5 Å². The minimum atomic E-state index is -4.22. The van der Waals surface area contributed by atoms with Crippen LogP contribution in [0.2, 0.25) is 0 Å². The fourth-order valence-corrected chi connectivity index (χ4v) is 3.36. The summed E-state index contributed by atoms with van der Waals surface area (Å²) >= 11 is 0. The Morgan fingerprint density at radius 2 is 1.86 bits per heavy atom. The molecular formula is C14H21F3N2O3. The lowest BCUT2D eigenvalue weighted by molar-refractivity contribution is -0.195. The molecule has 3 atom stereocenters. The first-order valence-corrected chi connectivity index (χ1v) is 7.61. The molecule has 5 nitrogen and oxygen atoms in total. The summed E-state index contributed by atoms with van der Waals surface area (Å²) in [5.41, 5.74) is 0. The minimum Gasteiger partial charge on any atom is -0.481 e. The van der Waals surface area contributed by atoms with Crippen LogP contribution < -0.4 is 5.32 Å². The Morgan fingerprint density at radius 3 is 2.45 bits per heavy atom. The minimum absolute atomic E-state index is 0.00273. The molecule has 2 fully saturated rings. The molecule has 8 heteroatoms. The van der Waals surface area contributed by atoms with Crippen LogP contribution in [0, 0.1) is 17.8 Å². The van der Waals surface area contributed by atoms with Crippen molar-refractivity contribution < 1.29 is 27.9 Å². The third kappa shape index (κ3) is 4.04. The highest BCUT2D eigenvalue weighted by molar-refractivity contribution is 5.77. The van der Waals surface area contributed by atoms with Crippen molar-refractivity contribution in [1.29, 1.82) is 0 Å². The van der Waals surface area contributed by atoms with Gasteiger partial charge in [-0.2, -0.15) is 13.2 Å². The number of rotatable bonds is 3. The Balaban J connectivity index is 1.84. The summed E-state index contributed by atoms with van der Waals surface area (Å²) in [5, 5.41) is 11.4. The quantitative estimate of drug-likeness (QED) is 0.838. The van der Waals surface area contributed by atoms with Crippen molar-refractivity contribution in [3.8, 4) is 0 Å². The van der Waals surface area contributed by atoms with Gasteiger partial charge in [-0.1, -0.05) is 12.8 Å². The van der Waals surface area contributed by atoms with Crippen molar-refractivity contribution in [1.82, 2.24) is 10.2 Å². The molecule has 126 valence electrons. The largest absolute Gasteiger partial charge is 0.481 e. The maximum atomic E-state index is 13.0. The first-order chi connectivity index (χ1) is 10.3. The van der Waals surface area contributed by atoms with Crippen LogP contribution in [0.15, 0.2) is 0 Å². The van der Waals surface area contributed by atoms with Gasteiger partial charge >= 0.3 is 18.2 Å². The topological polar surface area (TPSA) is 69.6 Å². The molecule has 0 spiro atoms. The van der Waals surface area contributed by atoms with Crippen LogP contribution >= 0.6 is 0 Å². The highest BCUT2D eigenvalue weighted by atomic mass is 19.4. The lowest BCUT2D eigenvalue weighted by atomic mass is 9.79. The average Bonchev–Trinajstić information content (AvgIpc) is 2.94. The number of urea groups is 1. The SMILES string of the molecule is O=C(O)C1CCN(C(=O)NC[C@H]2CCCC[C@H]2C(F)(F)F)C1. The molecule has 0 aromatic heterocycles. The number of carbonyl (C=O) groups is 2. The van der Waals surface area contributed by atoms with Gasteiger partial charge in [-0.05, 0) is 25.2 Å². The molecule has 0 bridgehead atoms. The summed E-state index contributed by atoms with van der Waals surface area (Å²) in [7, 11) is 0. The summed E-state index contributed by atoms with van der Waals surface area (Å²) in [5.74, 6) is -3.47. The second-order valence-corrected chi connectivity index (χ2v) is 6.15. The number of hydrogen-bond acceptors (Lipinski definition) is 2. The number of hydrogen-bond donors (Lipinski definition) is 2. The zero-order chi connectivity index (χ0) is 16.3. The molecule has 2 rings (SSSR count). The zero-order valence-electron chi connectivity index (χ0n) is 12.2. The fraction of sp³-hybridized carbons (Fsp3) is 0.857. The molecule has 0 aromatic rings. The van der Waals surface area contributed by atoms with Crippen LogP contribution in [-0.2, 0) is 4.79 Å². The zero-order valence-corrected chi connectivity index (χ0v) is 12.2. The van der Waals surface area contributed by atoms with Crippen LogP contribution in [0.3, 0.4) is 0 Å². The number of alkyl halides is 3. The summed E-state index contributed by atoms with van der Waals surface area (Å²) < 4.78 is 38.9. The maximum absolute atomic E-state index is 13.0. The predicted octanol–water partition coefficient (Wildman–Crippen LogP) is 2.47. The lowest BCUT2D eigenvalue weighted by Gasteiger charge is -2.33. The van der Waals surface area contributed by atoms with Gasteiger partial charge < -0.3 is 15.3 Å². The Labute approximate surface area is 126 Å². The highest BCUT2D eigenvalue weighted by Gasteiger charge is 2.45. The molecule has 2 amide bonds. The van der Waals surface area contributed by atoms with Crippen molar-refractivity contribution in [2.45, 2.75) is 38.3 Å². The number of carboxylic acid groups (broad SMARTS) is 1. The molecule has 1 unspecified atom stereocenters. The second kappa shape index (κ2) is 6.75. The normalized spacial score (nSPS) is 29.4. The van der Waals surface area contributed by atoms with Gasteiger partial charge in [0.2, 0.25) is 0 Å². The number of likely N-dealkylation sites (tertiary alicyclic amines) is 1. The molecule has 1 saturated heterocycles. The molecule has 1 heterocycles. The van der Waals surface area contributed by atoms with E-state index < -0.39 is 35.9 Å². The van der Waals surface area contributed by atoms with Crippen LogP contribution in [0.4, 0.5) is 18.0 Å². The number of nitrogens with zero attached hydrogens (tertiary/aromatic N) is 1. The van der Waals surface area contributed by atoms with E-state index >= 15 is 0 Å². The van der Waals surface area contributed by atoms with Crippen LogP contribution in [0.5, 0.6) is 0 Å². The molecule has 0 radical (unpaired) electrons. The van der Waals surface area contributed by atoms with Crippen molar-refractivity contribution in [3.05, 3.63) is 0 Å². The highest BCUT2D eigenvalue weighted by Crippen LogP contribution is 2.41. The van der Waals surface area contributed by atoms with Gasteiger partial charge in [0.1, 0.15) is 0 Å². The third-order valence-electron chi connectivity index (χ3n) is 4.67. The van der Waals surface area contributed by atoms with Gasteiger partial charge in [0.25, 0.3) is 0 Å². The molecule has 1 saturated carbocycles. The molecule has 2 aliphatic rings. The smallest absolute Gasteiger partial charge is 0.392 e. The maximum Gasteiger partial charge on any atom is 0.392 e. The van der Waals surface area contributed by atoms with Crippen molar-refractivity contribution in [2.75, 3.05) is 19.6 Å². The van der Waals surface area contributed by atoms with Gasteiger partial charge in [0.05, 0.1) is 11.8 Å².